The lowest BCUT2D eigenvalue weighted by atomic mass is 9.98. The third kappa shape index (κ3) is 5.51. The molecule has 182 valence electrons. The van der Waals surface area contributed by atoms with Gasteiger partial charge in [-0.1, -0.05) is 55.5 Å². The number of amides is 2. The SMILES string of the molecule is CC(CCNC(=O)c1cn(C)nc1NC(=O)OCC1c2ccccc2-c2ccccc21)CC(=O)O. The molecule has 2 aromatic carbocycles. The van der Waals surface area contributed by atoms with Gasteiger partial charge in [0, 0.05) is 32.1 Å². The van der Waals surface area contributed by atoms with Crippen molar-refractivity contribution >= 4 is 23.8 Å². The van der Waals surface area contributed by atoms with E-state index in [0.717, 1.165) is 22.3 Å². The summed E-state index contributed by atoms with van der Waals surface area (Å²) in [5.41, 5.74) is 4.69. The number of carbonyl (C=O) groups excluding carboxylic acids is 2. The Balaban J connectivity index is 1.36. The number of benzene rings is 2. The highest BCUT2D eigenvalue weighted by molar-refractivity contribution is 6.01. The molecule has 3 N–H and O–H groups in total. The number of carboxylic acids is 1. The molecule has 0 saturated heterocycles. The largest absolute Gasteiger partial charge is 0.481 e. The van der Waals surface area contributed by atoms with Crippen LogP contribution in [-0.4, -0.2) is 46.0 Å². The van der Waals surface area contributed by atoms with E-state index in [2.05, 4.69) is 27.9 Å². The van der Waals surface area contributed by atoms with E-state index in [9.17, 15) is 14.4 Å². The molecule has 0 bridgehead atoms. The predicted octanol–water partition coefficient (Wildman–Crippen LogP) is 4.01. The molecule has 1 unspecified atom stereocenters. The van der Waals surface area contributed by atoms with E-state index in [0.29, 0.717) is 13.0 Å². The van der Waals surface area contributed by atoms with E-state index < -0.39 is 18.0 Å². The lowest BCUT2D eigenvalue weighted by Crippen LogP contribution is -2.27. The highest BCUT2D eigenvalue weighted by Gasteiger charge is 2.29. The minimum absolute atomic E-state index is 0.0390. The highest BCUT2D eigenvalue weighted by atomic mass is 16.5. The molecule has 0 aliphatic heterocycles. The van der Waals surface area contributed by atoms with Crippen LogP contribution in [0, 0.1) is 5.92 Å². The average Bonchev–Trinajstić information content (AvgIpc) is 3.34. The average molecular weight is 477 g/mol. The van der Waals surface area contributed by atoms with Crippen molar-refractivity contribution in [3.05, 3.63) is 71.4 Å². The topological polar surface area (TPSA) is 123 Å². The third-order valence-corrected chi connectivity index (χ3v) is 6.08. The number of hydrogen-bond acceptors (Lipinski definition) is 5. The van der Waals surface area contributed by atoms with Crippen LogP contribution >= 0.6 is 0 Å². The van der Waals surface area contributed by atoms with E-state index >= 15 is 0 Å². The summed E-state index contributed by atoms with van der Waals surface area (Å²) < 4.78 is 6.98. The predicted molar refractivity (Wildman–Crippen MR) is 130 cm³/mol. The normalized spacial score (nSPS) is 13.0. The van der Waals surface area contributed by atoms with Gasteiger partial charge in [-0.05, 0) is 34.6 Å². The van der Waals surface area contributed by atoms with Crippen LogP contribution in [0.15, 0.2) is 54.7 Å². The summed E-state index contributed by atoms with van der Waals surface area (Å²) in [7, 11) is 1.65. The molecule has 9 heteroatoms. The fourth-order valence-electron chi connectivity index (χ4n) is 4.41. The number of carboxylic acid groups (broad SMARTS) is 1. The van der Waals surface area contributed by atoms with Crippen LogP contribution in [0.3, 0.4) is 0 Å². The molecule has 0 radical (unpaired) electrons. The number of nitrogens with one attached hydrogen (secondary N) is 2. The highest BCUT2D eigenvalue weighted by Crippen LogP contribution is 2.44. The Morgan fingerprint density at radius 2 is 1.71 bits per heavy atom. The van der Waals surface area contributed by atoms with E-state index in [1.54, 1.807) is 7.05 Å². The minimum Gasteiger partial charge on any atom is -0.481 e. The van der Waals surface area contributed by atoms with E-state index in [4.69, 9.17) is 9.84 Å². The zero-order valence-electron chi connectivity index (χ0n) is 19.7. The van der Waals surface area contributed by atoms with Gasteiger partial charge < -0.3 is 15.2 Å². The van der Waals surface area contributed by atoms with Crippen molar-refractivity contribution in [1.82, 2.24) is 15.1 Å². The van der Waals surface area contributed by atoms with E-state index in [1.165, 1.54) is 10.9 Å². The molecule has 1 aromatic heterocycles. The summed E-state index contributed by atoms with van der Waals surface area (Å²) in [6.45, 7) is 2.27. The van der Waals surface area contributed by atoms with Crippen molar-refractivity contribution in [3.8, 4) is 11.1 Å². The molecular formula is C26H28N4O5. The van der Waals surface area contributed by atoms with Gasteiger partial charge in [0.2, 0.25) is 0 Å². The maximum Gasteiger partial charge on any atom is 0.412 e. The summed E-state index contributed by atoms with van der Waals surface area (Å²) in [5.74, 6) is -1.33. The van der Waals surface area contributed by atoms with E-state index in [1.807, 2.05) is 43.3 Å². The van der Waals surface area contributed by atoms with Crippen LogP contribution < -0.4 is 10.6 Å². The number of aryl methyl sites for hydroxylation is 1. The summed E-state index contributed by atoms with van der Waals surface area (Å²) in [6.07, 6.45) is 1.37. The van der Waals surface area contributed by atoms with Gasteiger partial charge in [-0.2, -0.15) is 5.10 Å². The second-order valence-corrected chi connectivity index (χ2v) is 8.76. The van der Waals surface area contributed by atoms with Crippen molar-refractivity contribution in [2.45, 2.75) is 25.7 Å². The van der Waals surface area contributed by atoms with Crippen LogP contribution in [0.25, 0.3) is 11.1 Å². The summed E-state index contributed by atoms with van der Waals surface area (Å²) in [4.78, 5) is 36.0. The van der Waals surface area contributed by atoms with Crippen LogP contribution in [0.2, 0.25) is 0 Å². The van der Waals surface area contributed by atoms with Crippen LogP contribution in [0.5, 0.6) is 0 Å². The molecule has 9 nitrogen and oxygen atoms in total. The maximum atomic E-state index is 12.6. The van der Waals surface area contributed by atoms with Gasteiger partial charge in [0.1, 0.15) is 12.2 Å². The number of hydrogen-bond donors (Lipinski definition) is 3. The molecule has 4 rings (SSSR count). The molecule has 0 saturated carbocycles. The third-order valence-electron chi connectivity index (χ3n) is 6.08. The van der Waals surface area contributed by atoms with Crippen LogP contribution in [-0.2, 0) is 16.6 Å². The van der Waals surface area contributed by atoms with Crippen LogP contribution in [0.4, 0.5) is 10.6 Å². The number of fused-ring (bicyclic) bond motifs is 3. The molecule has 0 fully saturated rings. The molecule has 35 heavy (non-hydrogen) atoms. The number of rotatable bonds is 9. The number of aromatic nitrogens is 2. The first kappa shape index (κ1) is 24.0. The fraction of sp³-hybridized carbons (Fsp3) is 0.308. The molecular weight excluding hydrogens is 448 g/mol. The lowest BCUT2D eigenvalue weighted by Gasteiger charge is -2.14. The monoisotopic (exact) mass is 476 g/mol. The smallest absolute Gasteiger partial charge is 0.412 e. The first-order valence-electron chi connectivity index (χ1n) is 11.5. The van der Waals surface area contributed by atoms with Gasteiger partial charge in [0.05, 0.1) is 0 Å². The number of nitrogens with zero attached hydrogens (tertiary/aromatic N) is 2. The van der Waals surface area contributed by atoms with Gasteiger partial charge in [0.25, 0.3) is 5.91 Å². The van der Waals surface area contributed by atoms with Gasteiger partial charge in [0.15, 0.2) is 5.82 Å². The molecule has 3 aromatic rings. The number of carbonyl (C=O) groups is 3. The summed E-state index contributed by atoms with van der Waals surface area (Å²) in [6, 6.07) is 16.1. The molecule has 1 atom stereocenters. The Hall–Kier alpha value is -4.14. The second-order valence-electron chi connectivity index (χ2n) is 8.76. The van der Waals surface area contributed by atoms with Crippen molar-refractivity contribution in [2.24, 2.45) is 13.0 Å². The van der Waals surface area contributed by atoms with E-state index in [-0.39, 0.29) is 36.2 Å². The van der Waals surface area contributed by atoms with Crippen molar-refractivity contribution in [2.75, 3.05) is 18.5 Å². The number of ether oxygens (including phenoxy) is 1. The second kappa shape index (κ2) is 10.4. The molecule has 1 heterocycles. The lowest BCUT2D eigenvalue weighted by molar-refractivity contribution is -0.138. The first-order chi connectivity index (χ1) is 16.8. The standard InChI is InChI=1S/C26H28N4O5/c1-16(13-23(31)32)11-12-27-25(33)21-14-30(2)29-24(21)28-26(34)35-15-22-19-9-5-3-7-17(19)18-8-4-6-10-20(18)22/h3-10,14,16,22H,11-13,15H2,1-2H3,(H,27,33)(H,31,32)(H,28,29,34). The van der Waals surface area contributed by atoms with Crippen molar-refractivity contribution in [3.63, 3.8) is 0 Å². The number of anilines is 1. The van der Waals surface area contributed by atoms with Gasteiger partial charge in [-0.15, -0.1) is 0 Å². The Bertz CT molecular complexity index is 1210. The maximum absolute atomic E-state index is 12.6. The van der Waals surface area contributed by atoms with Crippen molar-refractivity contribution in [1.29, 1.82) is 0 Å². The summed E-state index contributed by atoms with van der Waals surface area (Å²) in [5, 5.41) is 18.4. The summed E-state index contributed by atoms with van der Waals surface area (Å²) >= 11 is 0. The van der Waals surface area contributed by atoms with Crippen LogP contribution in [0.1, 0.15) is 47.2 Å². The quantitative estimate of drug-likeness (QED) is 0.429. The zero-order chi connectivity index (χ0) is 24.9. The van der Waals surface area contributed by atoms with Gasteiger partial charge in [-0.25, -0.2) is 4.79 Å². The van der Waals surface area contributed by atoms with Gasteiger partial charge in [-0.3, -0.25) is 19.6 Å². The minimum atomic E-state index is -0.870. The Morgan fingerprint density at radius 3 is 2.34 bits per heavy atom. The Morgan fingerprint density at radius 1 is 1.09 bits per heavy atom. The zero-order valence-corrected chi connectivity index (χ0v) is 19.7. The Labute approximate surface area is 203 Å². The molecule has 2 amide bonds. The Kier molecular flexibility index (Phi) is 7.14. The fourth-order valence-corrected chi connectivity index (χ4v) is 4.41. The van der Waals surface area contributed by atoms with Gasteiger partial charge >= 0.3 is 12.1 Å². The number of aliphatic carboxylic acids is 1. The molecule has 1 aliphatic rings. The molecule has 0 spiro atoms. The van der Waals surface area contributed by atoms with Crippen molar-refractivity contribution < 1.29 is 24.2 Å². The molecule has 1 aliphatic carbocycles. The first-order valence-corrected chi connectivity index (χ1v) is 11.5.